The van der Waals surface area contributed by atoms with Gasteiger partial charge >= 0.3 is 0 Å². The van der Waals surface area contributed by atoms with Crippen molar-refractivity contribution in [1.29, 1.82) is 0 Å². The number of halogens is 2. The molecule has 1 aromatic heterocycles. The van der Waals surface area contributed by atoms with Gasteiger partial charge in [0.15, 0.2) is 5.96 Å². The number of carbonyl (C=O) groups is 1. The number of hydrogen-bond acceptors (Lipinski definition) is 4. The molecule has 0 unspecified atom stereocenters. The molecule has 1 aromatic carbocycles. The topological polar surface area (TPSA) is 56.7 Å². The van der Waals surface area contributed by atoms with Crippen LogP contribution in [0.2, 0.25) is 0 Å². The van der Waals surface area contributed by atoms with Gasteiger partial charge in [0, 0.05) is 43.2 Å². The van der Waals surface area contributed by atoms with Gasteiger partial charge in [0.05, 0.1) is 6.54 Å². The van der Waals surface area contributed by atoms with E-state index in [2.05, 4.69) is 27.1 Å². The van der Waals surface area contributed by atoms with Crippen molar-refractivity contribution in [3.05, 3.63) is 57.0 Å². The molecule has 0 aliphatic carbocycles. The van der Waals surface area contributed by atoms with Crippen LogP contribution in [-0.2, 0) is 30.1 Å². The lowest BCUT2D eigenvalue weighted by Crippen LogP contribution is -2.41. The van der Waals surface area contributed by atoms with Gasteiger partial charge in [0.2, 0.25) is 5.91 Å². The molecule has 1 aliphatic heterocycles. The van der Waals surface area contributed by atoms with Crippen molar-refractivity contribution >= 4 is 58.9 Å². The van der Waals surface area contributed by atoms with E-state index in [1.807, 2.05) is 18.1 Å². The van der Waals surface area contributed by atoms with Crippen LogP contribution in [0.25, 0.3) is 0 Å². The summed E-state index contributed by atoms with van der Waals surface area (Å²) >= 11 is 3.44. The first kappa shape index (κ1) is 25.9. The molecule has 3 rings (SSSR count). The van der Waals surface area contributed by atoms with Crippen LogP contribution in [0.5, 0.6) is 0 Å². The Morgan fingerprint density at radius 2 is 2.13 bits per heavy atom. The lowest BCUT2D eigenvalue weighted by molar-refractivity contribution is -0.131. The van der Waals surface area contributed by atoms with Gasteiger partial charge in [-0.05, 0) is 59.9 Å². The van der Waals surface area contributed by atoms with Gasteiger partial charge < -0.3 is 15.5 Å². The minimum atomic E-state index is -0.220. The zero-order chi connectivity index (χ0) is 21.3. The second-order valence-corrected chi connectivity index (χ2v) is 9.02. The van der Waals surface area contributed by atoms with E-state index in [9.17, 15) is 9.18 Å². The Hall–Kier alpha value is -1.33. The highest BCUT2D eigenvalue weighted by molar-refractivity contribution is 14.0. The molecular weight excluding hydrogens is 546 g/mol. The number of hydrogen-bond donors (Lipinski definition) is 2. The van der Waals surface area contributed by atoms with E-state index in [0.717, 1.165) is 36.4 Å². The monoisotopic (exact) mass is 576 g/mol. The lowest BCUT2D eigenvalue weighted by atomic mass is 10.1. The standard InChI is InChI=1S/C22H29FN4OS2.HI/c1-3-24-22(26-13-16-4-5-19(23)12-18(16)15-29-2)25-9-6-21(28)27-10-7-20-17(14-27)8-11-30-20;/h4-5,8,11-12H,3,6-7,9-10,13-15H2,1-2H3,(H2,24,25,26);1H. The van der Waals surface area contributed by atoms with Gasteiger partial charge in [-0.1, -0.05) is 6.07 Å². The van der Waals surface area contributed by atoms with Gasteiger partial charge in [0.1, 0.15) is 5.82 Å². The molecule has 0 bridgehead atoms. The highest BCUT2D eigenvalue weighted by Crippen LogP contribution is 2.24. The summed E-state index contributed by atoms with van der Waals surface area (Å²) in [6.07, 6.45) is 3.38. The Balaban J connectivity index is 0.00000341. The van der Waals surface area contributed by atoms with Crippen LogP contribution in [0.4, 0.5) is 4.39 Å². The van der Waals surface area contributed by atoms with Crippen LogP contribution in [0.1, 0.15) is 34.9 Å². The predicted octanol–water partition coefficient (Wildman–Crippen LogP) is 4.40. The predicted molar refractivity (Wildman–Crippen MR) is 140 cm³/mol. The fraction of sp³-hybridized carbons (Fsp3) is 0.455. The maximum atomic E-state index is 13.5. The van der Waals surface area contributed by atoms with Crippen LogP contribution in [0, 0.1) is 5.82 Å². The molecule has 1 amide bonds. The lowest BCUT2D eigenvalue weighted by Gasteiger charge is -2.27. The Bertz CT molecular complexity index is 890. The number of rotatable bonds is 8. The summed E-state index contributed by atoms with van der Waals surface area (Å²) in [5, 5.41) is 8.57. The largest absolute Gasteiger partial charge is 0.357 e. The van der Waals surface area contributed by atoms with E-state index in [1.165, 1.54) is 16.5 Å². The van der Waals surface area contributed by atoms with Gasteiger partial charge in [-0.3, -0.25) is 4.79 Å². The second-order valence-electron chi connectivity index (χ2n) is 7.15. The number of carbonyl (C=O) groups excluding carboxylic acids is 1. The number of thioether (sulfide) groups is 1. The fourth-order valence-electron chi connectivity index (χ4n) is 3.45. The highest BCUT2D eigenvalue weighted by Gasteiger charge is 2.21. The van der Waals surface area contributed by atoms with Crippen molar-refractivity contribution in [2.45, 2.75) is 38.6 Å². The molecule has 0 radical (unpaired) electrons. The summed E-state index contributed by atoms with van der Waals surface area (Å²) in [6, 6.07) is 6.98. The normalized spacial score (nSPS) is 13.4. The van der Waals surface area contributed by atoms with Gasteiger partial charge in [0.25, 0.3) is 0 Å². The Kier molecular flexibility index (Phi) is 11.1. The maximum absolute atomic E-state index is 13.5. The summed E-state index contributed by atoms with van der Waals surface area (Å²) in [6.45, 7) is 5.24. The van der Waals surface area contributed by atoms with Crippen molar-refractivity contribution in [2.75, 3.05) is 25.9 Å². The van der Waals surface area contributed by atoms with Crippen molar-refractivity contribution < 1.29 is 9.18 Å². The van der Waals surface area contributed by atoms with Gasteiger partial charge in [-0.2, -0.15) is 11.8 Å². The zero-order valence-electron chi connectivity index (χ0n) is 17.9. The number of benzene rings is 1. The van der Waals surface area contributed by atoms with Crippen LogP contribution >= 0.6 is 47.1 Å². The van der Waals surface area contributed by atoms with E-state index < -0.39 is 0 Å². The second kappa shape index (κ2) is 13.3. The zero-order valence-corrected chi connectivity index (χ0v) is 21.9. The molecule has 2 heterocycles. The Morgan fingerprint density at radius 1 is 1.29 bits per heavy atom. The van der Waals surface area contributed by atoms with Crippen molar-refractivity contribution in [1.82, 2.24) is 15.5 Å². The van der Waals surface area contributed by atoms with Crippen LogP contribution < -0.4 is 10.6 Å². The van der Waals surface area contributed by atoms with E-state index in [0.29, 0.717) is 32.0 Å². The summed E-state index contributed by atoms with van der Waals surface area (Å²) in [5.41, 5.74) is 3.26. The molecule has 0 fully saturated rings. The Labute approximate surface area is 209 Å². The summed E-state index contributed by atoms with van der Waals surface area (Å²) < 4.78 is 13.5. The van der Waals surface area contributed by atoms with Gasteiger partial charge in [-0.15, -0.1) is 35.3 Å². The molecule has 0 spiro atoms. The van der Waals surface area contributed by atoms with Crippen LogP contribution in [0.15, 0.2) is 34.6 Å². The van der Waals surface area contributed by atoms with Crippen LogP contribution in [-0.4, -0.2) is 42.7 Å². The number of aliphatic imine (C=N–C) groups is 1. The summed E-state index contributed by atoms with van der Waals surface area (Å²) in [7, 11) is 0. The summed E-state index contributed by atoms with van der Waals surface area (Å²) in [5.74, 6) is 1.37. The number of amides is 1. The molecular formula is C22H30FIN4OS2. The van der Waals surface area contributed by atoms with Crippen molar-refractivity contribution in [3.8, 4) is 0 Å². The average molecular weight is 577 g/mol. The third-order valence-corrected chi connectivity index (χ3v) is 6.63. The molecule has 2 aromatic rings. The minimum absolute atomic E-state index is 0. The number of fused-ring (bicyclic) bond motifs is 1. The van der Waals surface area contributed by atoms with E-state index in [-0.39, 0.29) is 35.7 Å². The first-order chi connectivity index (χ1) is 14.6. The molecule has 9 heteroatoms. The molecule has 0 atom stereocenters. The molecule has 2 N–H and O–H groups in total. The maximum Gasteiger partial charge on any atom is 0.224 e. The molecule has 0 saturated heterocycles. The molecule has 31 heavy (non-hydrogen) atoms. The molecule has 170 valence electrons. The highest BCUT2D eigenvalue weighted by atomic mass is 127. The Morgan fingerprint density at radius 3 is 2.90 bits per heavy atom. The number of guanidine groups is 1. The number of nitrogens with zero attached hydrogens (tertiary/aromatic N) is 2. The SMILES string of the molecule is CCNC(=NCc1ccc(F)cc1CSC)NCCC(=O)N1CCc2sccc2C1.I. The smallest absolute Gasteiger partial charge is 0.224 e. The van der Waals surface area contributed by atoms with E-state index >= 15 is 0 Å². The van der Waals surface area contributed by atoms with E-state index in [1.54, 1.807) is 35.2 Å². The molecule has 5 nitrogen and oxygen atoms in total. The number of nitrogens with one attached hydrogen (secondary N) is 2. The first-order valence-corrected chi connectivity index (χ1v) is 12.5. The quantitative estimate of drug-likeness (QED) is 0.278. The van der Waals surface area contributed by atoms with Crippen LogP contribution in [0.3, 0.4) is 0 Å². The fourth-order valence-corrected chi connectivity index (χ4v) is 4.92. The molecule has 1 aliphatic rings. The van der Waals surface area contributed by atoms with Crippen molar-refractivity contribution in [2.24, 2.45) is 4.99 Å². The van der Waals surface area contributed by atoms with Gasteiger partial charge in [-0.25, -0.2) is 9.38 Å². The third-order valence-electron chi connectivity index (χ3n) is 5.01. The summed E-state index contributed by atoms with van der Waals surface area (Å²) in [4.78, 5) is 20.6. The first-order valence-electron chi connectivity index (χ1n) is 10.2. The average Bonchev–Trinajstić information content (AvgIpc) is 3.21. The van der Waals surface area contributed by atoms with E-state index in [4.69, 9.17) is 0 Å². The molecule has 0 saturated carbocycles. The van der Waals surface area contributed by atoms with Crippen molar-refractivity contribution in [3.63, 3.8) is 0 Å². The minimum Gasteiger partial charge on any atom is -0.357 e. The third kappa shape index (κ3) is 7.64. The number of thiophene rings is 1.